The van der Waals surface area contributed by atoms with Crippen LogP contribution < -0.4 is 0 Å². The van der Waals surface area contributed by atoms with Crippen molar-refractivity contribution in [1.29, 1.82) is 0 Å². The van der Waals surface area contributed by atoms with Gasteiger partial charge in [0.25, 0.3) is 0 Å². The summed E-state index contributed by atoms with van der Waals surface area (Å²) >= 11 is 0. The third kappa shape index (κ3) is 1.46. The summed E-state index contributed by atoms with van der Waals surface area (Å²) in [5.74, 6) is 19.4. The van der Waals surface area contributed by atoms with E-state index in [1.165, 1.54) is 82.9 Å². The zero-order valence-electron chi connectivity index (χ0n) is 26.2. The molecule has 16 rings (SSSR count). The Hall–Kier alpha value is 0. The Morgan fingerprint density at radius 2 is 1.17 bits per heavy atom. The summed E-state index contributed by atoms with van der Waals surface area (Å²) in [5.41, 5.74) is 6.17. The second kappa shape index (κ2) is 5.52. The molecule has 16 fully saturated rings. The highest BCUT2D eigenvalue weighted by atomic mass is 15.1. The molecule has 0 heteroatoms. The Kier molecular flexibility index (Phi) is 2.86. The maximum atomic E-state index is 1.83. The molecule has 0 aromatic heterocycles. The molecule has 0 aromatic carbocycles. The van der Waals surface area contributed by atoms with Gasteiger partial charge in [0, 0.05) is 0 Å². The molecule has 20 unspecified atom stereocenters. The van der Waals surface area contributed by atoms with Crippen molar-refractivity contribution in [2.45, 2.75) is 122 Å². The van der Waals surface area contributed by atoms with E-state index in [0.29, 0.717) is 0 Å². The quantitative estimate of drug-likeness (QED) is 0.278. The van der Waals surface area contributed by atoms with Crippen molar-refractivity contribution in [3.05, 3.63) is 0 Å². The van der Waals surface area contributed by atoms with E-state index in [-0.39, 0.29) is 0 Å². The van der Waals surface area contributed by atoms with Crippen LogP contribution in [0.15, 0.2) is 0 Å². The van der Waals surface area contributed by atoms with Crippen molar-refractivity contribution in [2.24, 2.45) is 133 Å². The highest BCUT2D eigenvalue weighted by Gasteiger charge is 3.09. The third-order valence-electron chi connectivity index (χ3n) is 24.3. The van der Waals surface area contributed by atoms with Crippen LogP contribution in [-0.4, -0.2) is 0 Å². The zero-order chi connectivity index (χ0) is 26.2. The van der Waals surface area contributed by atoms with Crippen LogP contribution in [0.4, 0.5) is 0 Å². The minimum absolute atomic E-state index is 0.832. The number of hydrogen-bond acceptors (Lipinski definition) is 0. The lowest BCUT2D eigenvalue weighted by molar-refractivity contribution is -0.505. The van der Waals surface area contributed by atoms with Crippen molar-refractivity contribution in [1.82, 2.24) is 0 Å². The van der Waals surface area contributed by atoms with Crippen molar-refractivity contribution >= 4 is 0 Å². The van der Waals surface area contributed by atoms with E-state index in [9.17, 15) is 0 Å². The molecule has 0 amide bonds. The van der Waals surface area contributed by atoms with E-state index in [2.05, 4.69) is 0 Å². The van der Waals surface area contributed by atoms with Crippen LogP contribution in [-0.2, 0) is 0 Å². The molecule has 16 saturated carbocycles. The Morgan fingerprint density at radius 3 is 2.14 bits per heavy atom. The molecular formula is C42H54. The lowest BCUT2D eigenvalue weighted by Gasteiger charge is -2.96. The molecular weight excluding hydrogens is 504 g/mol. The van der Waals surface area contributed by atoms with E-state index in [4.69, 9.17) is 0 Å². The minimum atomic E-state index is 0.832. The predicted octanol–water partition coefficient (Wildman–Crippen LogP) is 9.38. The van der Waals surface area contributed by atoms with Gasteiger partial charge >= 0.3 is 0 Å². The Morgan fingerprint density at radius 1 is 0.405 bits per heavy atom. The average molecular weight is 559 g/mol. The summed E-state index contributed by atoms with van der Waals surface area (Å²) in [6.45, 7) is 0. The topological polar surface area (TPSA) is 0 Å². The molecule has 222 valence electrons. The Bertz CT molecular complexity index is 1480. The smallest absolute Gasteiger partial charge is 0.00970 e. The highest BCUT2D eigenvalue weighted by Crippen LogP contribution is 3.13. The molecule has 0 N–H and O–H groups in total. The van der Waals surface area contributed by atoms with E-state index in [1.54, 1.807) is 109 Å². The van der Waals surface area contributed by atoms with Crippen molar-refractivity contribution < 1.29 is 0 Å². The second-order valence-electron chi connectivity index (χ2n) is 22.9. The molecule has 0 saturated heterocycles. The number of hydrogen-bond donors (Lipinski definition) is 0. The molecule has 0 radical (unpaired) electrons. The van der Waals surface area contributed by atoms with Crippen LogP contribution in [0.25, 0.3) is 0 Å². The molecule has 23 atom stereocenters. The van der Waals surface area contributed by atoms with Crippen molar-refractivity contribution in [3.63, 3.8) is 0 Å². The van der Waals surface area contributed by atoms with Crippen LogP contribution in [0.3, 0.4) is 0 Å². The SMILES string of the molecule is C1CC2CCC3CC24CC1CC1CC2(CC3[C@@H]3C5C6CC78[C@H](C9CC%10CCC%11CC%12CC6CC7(C9)CC%10%11%12)C6[C@H]1C32C568)C4. The summed E-state index contributed by atoms with van der Waals surface area (Å²) < 4.78 is 0. The van der Waals surface area contributed by atoms with Gasteiger partial charge in [-0.15, -0.1) is 0 Å². The molecule has 7 spiro atoms. The van der Waals surface area contributed by atoms with Crippen LogP contribution in [0.5, 0.6) is 0 Å². The maximum absolute atomic E-state index is 1.83. The molecule has 0 nitrogen and oxygen atoms in total. The second-order valence-corrected chi connectivity index (χ2v) is 22.9. The van der Waals surface area contributed by atoms with E-state index < -0.39 is 0 Å². The molecule has 16 aliphatic rings. The van der Waals surface area contributed by atoms with Crippen molar-refractivity contribution in [3.8, 4) is 0 Å². The molecule has 16 aliphatic carbocycles. The molecule has 12 bridgehead atoms. The van der Waals surface area contributed by atoms with Gasteiger partial charge in [-0.2, -0.15) is 0 Å². The fraction of sp³-hybridized carbons (Fsp3) is 1.00. The number of fused-ring (bicyclic) bond motifs is 16. The van der Waals surface area contributed by atoms with Crippen LogP contribution in [0.2, 0.25) is 0 Å². The van der Waals surface area contributed by atoms with Gasteiger partial charge in [-0.3, -0.25) is 0 Å². The molecule has 0 aliphatic heterocycles. The first-order chi connectivity index (χ1) is 20.6. The van der Waals surface area contributed by atoms with Crippen molar-refractivity contribution in [2.75, 3.05) is 0 Å². The summed E-state index contributed by atoms with van der Waals surface area (Å²) in [7, 11) is 0. The van der Waals surface area contributed by atoms with Crippen LogP contribution in [0.1, 0.15) is 122 Å². The lowest BCUT2D eigenvalue weighted by Crippen LogP contribution is -2.94. The average Bonchev–Trinajstić information content (AvgIpc) is 3.53. The number of rotatable bonds is 0. The largest absolute Gasteiger partial charge is 0.0501 e. The first kappa shape index (κ1) is 21.7. The lowest BCUT2D eigenvalue weighted by atomic mass is 9.07. The summed E-state index contributed by atoms with van der Waals surface area (Å²) in [4.78, 5) is 0. The summed E-state index contributed by atoms with van der Waals surface area (Å²) in [6, 6.07) is 0. The van der Waals surface area contributed by atoms with Gasteiger partial charge in [-0.05, 0) is 248 Å². The van der Waals surface area contributed by atoms with Gasteiger partial charge in [0.05, 0.1) is 0 Å². The van der Waals surface area contributed by atoms with Gasteiger partial charge < -0.3 is 0 Å². The van der Waals surface area contributed by atoms with Gasteiger partial charge in [0.2, 0.25) is 0 Å². The van der Waals surface area contributed by atoms with Crippen LogP contribution >= 0.6 is 0 Å². The summed E-state index contributed by atoms with van der Waals surface area (Å²) in [6.07, 6.45) is 33.0. The summed E-state index contributed by atoms with van der Waals surface area (Å²) in [5, 5.41) is 0. The van der Waals surface area contributed by atoms with Crippen LogP contribution in [0, 0.1) is 133 Å². The third-order valence-corrected chi connectivity index (χ3v) is 24.3. The molecule has 0 heterocycles. The first-order valence-corrected chi connectivity index (χ1v) is 20.6. The van der Waals surface area contributed by atoms with E-state index in [0.717, 1.165) is 49.7 Å². The normalized spacial score (nSPS) is 84.0. The standard InChI is InChI=1S/C42H54/c1-3-25-4-2-21-12-36(25)11-20(1)7-23-15-38(18-36)16-29(21)33-34-30-17-40-31(35-32(23)41(33,38)42(34,35)40)24-9-26-5-6-27-10-28-8-22(30)13-37(40,14-24)19-39(26,27)28/h20-35H,1-19H2/t20?,21?,22?,23?,24?,25?,26?,27?,28?,29?,30?,31-,32+,33-,34?,35?,36?,37?,38?,39?,40?,41?,42?/m1/s1. The van der Waals surface area contributed by atoms with Gasteiger partial charge in [0.1, 0.15) is 0 Å². The maximum Gasteiger partial charge on any atom is -0.00970 e. The Labute approximate surface area is 254 Å². The fourth-order valence-electron chi connectivity index (χ4n) is 25.9. The minimum Gasteiger partial charge on any atom is -0.0501 e. The highest BCUT2D eigenvalue weighted by molar-refractivity contribution is 5.56. The van der Waals surface area contributed by atoms with Gasteiger partial charge in [0.15, 0.2) is 0 Å². The van der Waals surface area contributed by atoms with Gasteiger partial charge in [-0.1, -0.05) is 6.42 Å². The van der Waals surface area contributed by atoms with E-state index >= 15 is 0 Å². The van der Waals surface area contributed by atoms with E-state index in [1.807, 2.05) is 12.8 Å². The Balaban J connectivity index is 0.990. The monoisotopic (exact) mass is 558 g/mol. The van der Waals surface area contributed by atoms with Gasteiger partial charge in [-0.25, -0.2) is 0 Å². The first-order valence-electron chi connectivity index (χ1n) is 20.6. The zero-order valence-corrected chi connectivity index (χ0v) is 26.2. The fourth-order valence-corrected chi connectivity index (χ4v) is 25.9. The molecule has 42 heavy (non-hydrogen) atoms. The molecule has 0 aromatic rings. The predicted molar refractivity (Wildman–Crippen MR) is 161 cm³/mol.